The summed E-state index contributed by atoms with van der Waals surface area (Å²) in [4.78, 5) is 4.69. The van der Waals surface area contributed by atoms with Gasteiger partial charge in [-0.2, -0.15) is 0 Å². The second kappa shape index (κ2) is 7.01. The maximum absolute atomic E-state index is 6.41. The maximum Gasteiger partial charge on any atom is 0.0954 e. The maximum atomic E-state index is 6.41. The van der Waals surface area contributed by atoms with Crippen LogP contribution < -0.4 is 5.73 Å². The Morgan fingerprint density at radius 3 is 2.47 bits per heavy atom. The third-order valence-corrected chi connectivity index (χ3v) is 4.73. The first-order chi connectivity index (χ1) is 9.24. The van der Waals surface area contributed by atoms with E-state index in [0.717, 1.165) is 11.9 Å². The summed E-state index contributed by atoms with van der Waals surface area (Å²) in [6.07, 6.45) is 5.83. The Morgan fingerprint density at radius 2 is 1.84 bits per heavy atom. The van der Waals surface area contributed by atoms with Crippen LogP contribution in [0.3, 0.4) is 0 Å². The molecule has 1 aromatic heterocycles. The van der Waals surface area contributed by atoms with Crippen LogP contribution >= 0.6 is 11.3 Å². The summed E-state index contributed by atoms with van der Waals surface area (Å²) < 4.78 is 1.27. The van der Waals surface area contributed by atoms with Gasteiger partial charge in [0, 0.05) is 12.5 Å². The van der Waals surface area contributed by atoms with E-state index in [1.807, 2.05) is 6.07 Å². The monoisotopic (exact) mass is 276 g/mol. The molecular formula is C16H24N2S. The SMILES string of the molecule is CCCC(CCC)C(N)Cc1nc2ccccc2s1. The van der Waals surface area contributed by atoms with Crippen molar-refractivity contribution < 1.29 is 0 Å². The Labute approximate surface area is 120 Å². The smallest absolute Gasteiger partial charge is 0.0954 e. The highest BCUT2D eigenvalue weighted by molar-refractivity contribution is 7.18. The molecule has 0 fully saturated rings. The van der Waals surface area contributed by atoms with Crippen molar-refractivity contribution in [2.75, 3.05) is 0 Å². The fourth-order valence-corrected chi connectivity index (χ4v) is 3.73. The quantitative estimate of drug-likeness (QED) is 0.815. The van der Waals surface area contributed by atoms with Crippen LogP contribution in [-0.4, -0.2) is 11.0 Å². The van der Waals surface area contributed by atoms with Gasteiger partial charge in [-0.25, -0.2) is 4.98 Å². The summed E-state index contributed by atoms with van der Waals surface area (Å²) >= 11 is 1.79. The molecule has 2 aromatic rings. The predicted molar refractivity (Wildman–Crippen MR) is 84.6 cm³/mol. The van der Waals surface area contributed by atoms with E-state index in [1.165, 1.54) is 35.4 Å². The van der Waals surface area contributed by atoms with Crippen molar-refractivity contribution >= 4 is 21.6 Å². The molecule has 19 heavy (non-hydrogen) atoms. The largest absolute Gasteiger partial charge is 0.327 e. The lowest BCUT2D eigenvalue weighted by atomic mass is 9.89. The summed E-state index contributed by atoms with van der Waals surface area (Å²) in [7, 11) is 0. The van der Waals surface area contributed by atoms with Crippen LogP contribution in [0.4, 0.5) is 0 Å². The molecule has 0 amide bonds. The molecule has 2 N–H and O–H groups in total. The molecule has 1 unspecified atom stereocenters. The third kappa shape index (κ3) is 3.77. The number of fused-ring (bicyclic) bond motifs is 1. The van der Waals surface area contributed by atoms with E-state index in [0.29, 0.717) is 5.92 Å². The number of aromatic nitrogens is 1. The number of para-hydroxylation sites is 1. The number of nitrogens with zero attached hydrogens (tertiary/aromatic N) is 1. The summed E-state index contributed by atoms with van der Waals surface area (Å²) in [5.41, 5.74) is 7.52. The lowest BCUT2D eigenvalue weighted by molar-refractivity contribution is 0.359. The van der Waals surface area contributed by atoms with Crippen molar-refractivity contribution in [1.82, 2.24) is 4.98 Å². The minimum absolute atomic E-state index is 0.250. The van der Waals surface area contributed by atoms with Crippen molar-refractivity contribution in [3.63, 3.8) is 0 Å². The predicted octanol–water partition coefficient (Wildman–Crippen LogP) is 4.38. The minimum atomic E-state index is 0.250. The van der Waals surface area contributed by atoms with Gasteiger partial charge in [0.05, 0.1) is 15.2 Å². The van der Waals surface area contributed by atoms with Crippen LogP contribution in [0.15, 0.2) is 24.3 Å². The number of hydrogen-bond donors (Lipinski definition) is 1. The molecule has 1 aromatic carbocycles. The molecule has 2 rings (SSSR count). The van der Waals surface area contributed by atoms with Crippen molar-refractivity contribution in [3.05, 3.63) is 29.3 Å². The number of hydrogen-bond acceptors (Lipinski definition) is 3. The molecule has 0 saturated heterocycles. The second-order valence-corrected chi connectivity index (χ2v) is 6.40. The molecule has 1 heterocycles. The molecule has 0 aliphatic rings. The summed E-state index contributed by atoms with van der Waals surface area (Å²) in [5.74, 6) is 0.641. The average Bonchev–Trinajstić information content (AvgIpc) is 2.80. The van der Waals surface area contributed by atoms with E-state index in [2.05, 4.69) is 32.0 Å². The van der Waals surface area contributed by atoms with Crippen molar-refractivity contribution in [2.24, 2.45) is 11.7 Å². The molecule has 0 radical (unpaired) electrons. The van der Waals surface area contributed by atoms with Crippen LogP contribution in [0.25, 0.3) is 10.2 Å². The van der Waals surface area contributed by atoms with Crippen molar-refractivity contribution in [2.45, 2.75) is 52.0 Å². The highest BCUT2D eigenvalue weighted by atomic mass is 32.1. The number of benzene rings is 1. The molecule has 3 heteroatoms. The van der Waals surface area contributed by atoms with Crippen LogP contribution in [0.1, 0.15) is 44.5 Å². The van der Waals surface area contributed by atoms with Gasteiger partial charge in [-0.15, -0.1) is 11.3 Å². The van der Waals surface area contributed by atoms with Crippen molar-refractivity contribution in [3.8, 4) is 0 Å². The molecule has 0 spiro atoms. The molecule has 0 bridgehead atoms. The molecular weight excluding hydrogens is 252 g/mol. The van der Waals surface area contributed by atoms with Gasteiger partial charge in [0.1, 0.15) is 0 Å². The first-order valence-electron chi connectivity index (χ1n) is 7.34. The number of nitrogens with two attached hydrogens (primary N) is 1. The van der Waals surface area contributed by atoms with Gasteiger partial charge in [0.2, 0.25) is 0 Å². The standard InChI is InChI=1S/C16H24N2S/c1-3-7-12(8-4-2)13(17)11-16-18-14-9-5-6-10-15(14)19-16/h5-6,9-10,12-13H,3-4,7-8,11,17H2,1-2H3. The van der Waals surface area contributed by atoms with Crippen LogP contribution in [0.2, 0.25) is 0 Å². The topological polar surface area (TPSA) is 38.9 Å². The minimum Gasteiger partial charge on any atom is -0.327 e. The van der Waals surface area contributed by atoms with Gasteiger partial charge >= 0.3 is 0 Å². The summed E-state index contributed by atoms with van der Waals surface area (Å²) in [6.45, 7) is 4.49. The van der Waals surface area contributed by atoms with E-state index in [9.17, 15) is 0 Å². The van der Waals surface area contributed by atoms with Crippen LogP contribution in [0.5, 0.6) is 0 Å². The highest BCUT2D eigenvalue weighted by Crippen LogP contribution is 2.25. The van der Waals surface area contributed by atoms with E-state index in [-0.39, 0.29) is 6.04 Å². The van der Waals surface area contributed by atoms with Gasteiger partial charge in [-0.1, -0.05) is 38.8 Å². The second-order valence-electron chi connectivity index (χ2n) is 5.28. The summed E-state index contributed by atoms with van der Waals surface area (Å²) in [6, 6.07) is 8.58. The van der Waals surface area contributed by atoms with E-state index < -0.39 is 0 Å². The molecule has 0 saturated carbocycles. The third-order valence-electron chi connectivity index (χ3n) is 3.67. The normalized spacial score (nSPS) is 13.3. The van der Waals surface area contributed by atoms with E-state index in [1.54, 1.807) is 11.3 Å². The Hall–Kier alpha value is -0.930. The van der Waals surface area contributed by atoms with Crippen molar-refractivity contribution in [1.29, 1.82) is 0 Å². The van der Waals surface area contributed by atoms with Gasteiger partial charge < -0.3 is 5.73 Å². The fourth-order valence-electron chi connectivity index (χ4n) is 2.69. The van der Waals surface area contributed by atoms with Crippen LogP contribution in [-0.2, 0) is 6.42 Å². The van der Waals surface area contributed by atoms with Gasteiger partial charge in [-0.05, 0) is 30.9 Å². The number of thiazole rings is 1. The fraction of sp³-hybridized carbons (Fsp3) is 0.562. The summed E-state index contributed by atoms with van der Waals surface area (Å²) in [5, 5.41) is 1.19. The lowest BCUT2D eigenvalue weighted by Gasteiger charge is -2.22. The molecule has 1 atom stereocenters. The van der Waals surface area contributed by atoms with Gasteiger partial charge in [-0.3, -0.25) is 0 Å². The average molecular weight is 276 g/mol. The zero-order valence-corrected chi connectivity index (χ0v) is 12.7. The van der Waals surface area contributed by atoms with Gasteiger partial charge in [0.25, 0.3) is 0 Å². The van der Waals surface area contributed by atoms with Gasteiger partial charge in [0.15, 0.2) is 0 Å². The van der Waals surface area contributed by atoms with E-state index in [4.69, 9.17) is 10.7 Å². The Kier molecular flexibility index (Phi) is 5.34. The highest BCUT2D eigenvalue weighted by Gasteiger charge is 2.18. The first-order valence-corrected chi connectivity index (χ1v) is 8.16. The zero-order valence-electron chi connectivity index (χ0n) is 11.9. The van der Waals surface area contributed by atoms with Crippen LogP contribution in [0, 0.1) is 5.92 Å². The first kappa shape index (κ1) is 14.5. The molecule has 0 aliphatic carbocycles. The zero-order chi connectivity index (χ0) is 13.7. The Balaban J connectivity index is 2.05. The molecule has 0 aliphatic heterocycles. The lowest BCUT2D eigenvalue weighted by Crippen LogP contribution is -2.32. The Bertz CT molecular complexity index is 467. The molecule has 2 nitrogen and oxygen atoms in total. The number of rotatable bonds is 7. The molecule has 104 valence electrons. The Morgan fingerprint density at radius 1 is 1.16 bits per heavy atom. The van der Waals surface area contributed by atoms with E-state index >= 15 is 0 Å².